The van der Waals surface area contributed by atoms with Crippen molar-refractivity contribution in [2.45, 2.75) is 78.6 Å². The smallest absolute Gasteiger partial charge is 0.267 e. The molecular weight excluding hydrogens is 480 g/mol. The third kappa shape index (κ3) is 3.92. The van der Waals surface area contributed by atoms with Crippen molar-refractivity contribution >= 4 is 23.4 Å². The Kier molecular flexibility index (Phi) is 5.52. The monoisotopic (exact) mass is 518 g/mol. The number of hydrogen-bond donors (Lipinski definition) is 0. The Morgan fingerprint density at radius 1 is 0.872 bits per heavy atom. The van der Waals surface area contributed by atoms with Crippen LogP contribution < -0.4 is 5.01 Å². The molecule has 4 aliphatic carbocycles. The molecule has 0 unspecified atom stereocenters. The van der Waals surface area contributed by atoms with Crippen LogP contribution >= 0.6 is 0 Å². The predicted octanol–water partition coefficient (Wildman–Crippen LogP) is 7.38. The first-order chi connectivity index (χ1) is 18.7. The fraction of sp³-hybridized carbons (Fsp3) is 0.441. The van der Waals surface area contributed by atoms with Crippen molar-refractivity contribution in [1.82, 2.24) is 9.78 Å². The number of hydrogen-bond acceptors (Lipinski definition) is 3. The molecule has 0 atom stereocenters. The number of nitrogens with zero attached hydrogens (tertiary/aromatic N) is 4. The summed E-state index contributed by atoms with van der Waals surface area (Å²) in [6.45, 7) is 10.2. The Labute approximate surface area is 231 Å². The molecule has 1 amide bonds. The van der Waals surface area contributed by atoms with Crippen LogP contribution in [0.15, 0.2) is 53.1 Å². The first kappa shape index (κ1) is 24.6. The highest BCUT2D eigenvalue weighted by Gasteiger charge is 2.51. The predicted molar refractivity (Wildman–Crippen MR) is 157 cm³/mol. The van der Waals surface area contributed by atoms with Gasteiger partial charge in [0.1, 0.15) is 0 Å². The SMILES string of the molecule is CC1=NN(c2ccc(C34CC5CC(CC(C5)C3)C4)cc2)C(=O)/C1=C\c1c(C)nn(-c2ccc(C)cc2C)c1C. The molecule has 0 spiro atoms. The maximum atomic E-state index is 13.6. The Hall–Kier alpha value is -3.47. The molecule has 0 radical (unpaired) electrons. The van der Waals surface area contributed by atoms with Gasteiger partial charge >= 0.3 is 0 Å². The lowest BCUT2D eigenvalue weighted by Gasteiger charge is -2.57. The summed E-state index contributed by atoms with van der Waals surface area (Å²) in [6.07, 6.45) is 10.4. The Balaban J connectivity index is 1.16. The van der Waals surface area contributed by atoms with Gasteiger partial charge in [-0.2, -0.15) is 15.2 Å². The van der Waals surface area contributed by atoms with Gasteiger partial charge in [0.15, 0.2) is 0 Å². The van der Waals surface area contributed by atoms with Crippen molar-refractivity contribution in [3.8, 4) is 5.69 Å². The largest absolute Gasteiger partial charge is 0.280 e. The van der Waals surface area contributed by atoms with Gasteiger partial charge in [-0.3, -0.25) is 4.79 Å². The number of anilines is 1. The molecule has 0 saturated heterocycles. The summed E-state index contributed by atoms with van der Waals surface area (Å²) in [5.74, 6) is 2.68. The molecule has 8 rings (SSSR count). The highest BCUT2D eigenvalue weighted by molar-refractivity contribution is 6.32. The van der Waals surface area contributed by atoms with Gasteiger partial charge in [0.2, 0.25) is 0 Å². The van der Waals surface area contributed by atoms with Crippen LogP contribution in [-0.4, -0.2) is 21.4 Å². The quantitative estimate of drug-likeness (QED) is 0.338. The number of hydrazone groups is 1. The number of benzene rings is 2. The number of carbonyl (C=O) groups is 1. The maximum absolute atomic E-state index is 13.6. The van der Waals surface area contributed by atoms with Gasteiger partial charge in [0.05, 0.1) is 28.4 Å². The van der Waals surface area contributed by atoms with E-state index in [0.717, 1.165) is 51.8 Å². The molecule has 1 aromatic heterocycles. The third-order valence-corrected chi connectivity index (χ3v) is 10.0. The van der Waals surface area contributed by atoms with Crippen molar-refractivity contribution < 1.29 is 4.79 Å². The highest BCUT2D eigenvalue weighted by atomic mass is 16.2. The first-order valence-corrected chi connectivity index (χ1v) is 14.6. The van der Waals surface area contributed by atoms with Crippen molar-refractivity contribution in [2.75, 3.05) is 5.01 Å². The van der Waals surface area contributed by atoms with Crippen LogP contribution in [0.25, 0.3) is 11.8 Å². The summed E-state index contributed by atoms with van der Waals surface area (Å²) >= 11 is 0. The summed E-state index contributed by atoms with van der Waals surface area (Å²) in [5.41, 5.74) is 10.4. The second-order valence-electron chi connectivity index (χ2n) is 12.9. The molecular formula is C34H38N4O. The molecule has 39 heavy (non-hydrogen) atoms. The van der Waals surface area contributed by atoms with E-state index < -0.39 is 0 Å². The molecule has 4 saturated carbocycles. The van der Waals surface area contributed by atoms with Crippen molar-refractivity contribution in [2.24, 2.45) is 22.9 Å². The molecule has 4 fully saturated rings. The van der Waals surface area contributed by atoms with Gasteiger partial charge in [0, 0.05) is 11.3 Å². The molecule has 2 aromatic carbocycles. The number of carbonyl (C=O) groups excluding carboxylic acids is 1. The van der Waals surface area contributed by atoms with E-state index in [9.17, 15) is 4.79 Å². The van der Waals surface area contributed by atoms with E-state index in [4.69, 9.17) is 10.2 Å². The zero-order valence-corrected chi connectivity index (χ0v) is 23.8. The van der Waals surface area contributed by atoms with Crippen molar-refractivity contribution in [3.05, 3.63) is 81.7 Å². The van der Waals surface area contributed by atoms with Crippen molar-refractivity contribution in [1.29, 1.82) is 0 Å². The van der Waals surface area contributed by atoms with E-state index in [0.29, 0.717) is 11.0 Å². The molecule has 0 N–H and O–H groups in total. The molecule has 2 heterocycles. The molecule has 5 heteroatoms. The van der Waals surface area contributed by atoms with Crippen LogP contribution in [0.4, 0.5) is 5.69 Å². The van der Waals surface area contributed by atoms with E-state index in [1.54, 1.807) is 5.01 Å². The minimum atomic E-state index is -0.0758. The van der Waals surface area contributed by atoms with Gasteiger partial charge in [-0.15, -0.1) is 0 Å². The summed E-state index contributed by atoms with van der Waals surface area (Å²) in [7, 11) is 0. The van der Waals surface area contributed by atoms with Crippen LogP contribution in [0.2, 0.25) is 0 Å². The summed E-state index contributed by atoms with van der Waals surface area (Å²) in [4.78, 5) is 13.6. The van der Waals surface area contributed by atoms with E-state index in [1.165, 1.54) is 55.2 Å². The molecule has 1 aliphatic heterocycles. The van der Waals surface area contributed by atoms with Crippen LogP contribution in [0.5, 0.6) is 0 Å². The van der Waals surface area contributed by atoms with Crippen LogP contribution in [0, 0.1) is 45.4 Å². The van der Waals surface area contributed by atoms with Gasteiger partial charge in [-0.25, -0.2) is 4.68 Å². The second-order valence-corrected chi connectivity index (χ2v) is 12.9. The standard InChI is InChI=1S/C34H38N4O/c1-20-6-11-32(21(2)12-20)37-24(5)30(22(3)35-37)16-31-23(4)36-38(33(31)39)29-9-7-28(8-10-29)34-17-25-13-26(18-34)15-27(14-25)19-34/h6-12,16,25-27H,13-15,17-19H2,1-5H3/b31-16-. The fourth-order valence-corrected chi connectivity index (χ4v) is 8.57. The lowest BCUT2D eigenvalue weighted by atomic mass is 9.48. The van der Waals surface area contributed by atoms with Crippen LogP contribution in [0.3, 0.4) is 0 Å². The van der Waals surface area contributed by atoms with E-state index in [1.807, 2.05) is 24.6 Å². The minimum Gasteiger partial charge on any atom is -0.267 e. The average Bonchev–Trinajstić information content (AvgIpc) is 3.33. The molecule has 5 nitrogen and oxygen atoms in total. The summed E-state index contributed by atoms with van der Waals surface area (Å²) in [5, 5.41) is 11.1. The first-order valence-electron chi connectivity index (χ1n) is 14.6. The van der Waals surface area contributed by atoms with Gasteiger partial charge in [-0.1, -0.05) is 29.8 Å². The van der Waals surface area contributed by atoms with Gasteiger partial charge < -0.3 is 0 Å². The zero-order chi connectivity index (χ0) is 27.1. The molecule has 3 aromatic rings. The average molecular weight is 519 g/mol. The fourth-order valence-electron chi connectivity index (χ4n) is 8.57. The Morgan fingerprint density at radius 2 is 1.51 bits per heavy atom. The number of rotatable bonds is 4. The third-order valence-electron chi connectivity index (χ3n) is 10.0. The molecule has 200 valence electrons. The van der Waals surface area contributed by atoms with Crippen LogP contribution in [0.1, 0.15) is 79.1 Å². The zero-order valence-electron chi connectivity index (χ0n) is 23.8. The maximum Gasteiger partial charge on any atom is 0.280 e. The Morgan fingerprint density at radius 3 is 2.13 bits per heavy atom. The highest BCUT2D eigenvalue weighted by Crippen LogP contribution is 2.60. The molecule has 5 aliphatic rings. The number of amides is 1. The van der Waals surface area contributed by atoms with E-state index in [-0.39, 0.29) is 5.91 Å². The van der Waals surface area contributed by atoms with Crippen LogP contribution in [-0.2, 0) is 10.2 Å². The number of aromatic nitrogens is 2. The van der Waals surface area contributed by atoms with Gasteiger partial charge in [-0.05, 0) is 132 Å². The topological polar surface area (TPSA) is 50.5 Å². The lowest BCUT2D eigenvalue weighted by Crippen LogP contribution is -2.48. The Bertz CT molecular complexity index is 1520. The second kappa shape index (κ2) is 8.77. The minimum absolute atomic E-state index is 0.0758. The molecule has 4 bridgehead atoms. The summed E-state index contributed by atoms with van der Waals surface area (Å²) in [6, 6.07) is 15.2. The number of aryl methyl sites for hydroxylation is 3. The van der Waals surface area contributed by atoms with E-state index >= 15 is 0 Å². The lowest BCUT2D eigenvalue weighted by molar-refractivity contribution is -0.114. The summed E-state index contributed by atoms with van der Waals surface area (Å²) < 4.78 is 1.99. The van der Waals surface area contributed by atoms with Crippen molar-refractivity contribution in [3.63, 3.8) is 0 Å². The van der Waals surface area contributed by atoms with Gasteiger partial charge in [0.25, 0.3) is 5.91 Å². The van der Waals surface area contributed by atoms with E-state index in [2.05, 4.69) is 63.2 Å². The normalized spacial score (nSPS) is 28.6.